The molecule has 0 bridgehead atoms. The van der Waals surface area contributed by atoms with E-state index in [4.69, 9.17) is 10.4 Å². The van der Waals surface area contributed by atoms with Gasteiger partial charge in [0, 0.05) is 25.7 Å². The number of aliphatic hydroxyl groups is 1. The van der Waals surface area contributed by atoms with Gasteiger partial charge in [-0.25, -0.2) is 0 Å². The average molecular weight is 232 g/mol. The highest BCUT2D eigenvalue weighted by molar-refractivity contribution is 5.14. The number of benzene rings is 1. The molecule has 0 spiro atoms. The Balaban J connectivity index is 2.60. The van der Waals surface area contributed by atoms with E-state index in [1.54, 1.807) is 0 Å². The number of nitrogens with zero attached hydrogens (tertiary/aromatic N) is 2. The van der Waals surface area contributed by atoms with Gasteiger partial charge in [-0.3, -0.25) is 4.90 Å². The first-order valence-corrected chi connectivity index (χ1v) is 6.03. The largest absolute Gasteiger partial charge is 0.396 e. The molecule has 1 N–H and O–H groups in total. The zero-order valence-corrected chi connectivity index (χ0v) is 10.3. The van der Waals surface area contributed by atoms with Crippen molar-refractivity contribution in [3.63, 3.8) is 0 Å². The molecular weight excluding hydrogens is 212 g/mol. The molecule has 92 valence electrons. The monoisotopic (exact) mass is 232 g/mol. The van der Waals surface area contributed by atoms with Gasteiger partial charge in [-0.2, -0.15) is 5.26 Å². The van der Waals surface area contributed by atoms with Crippen LogP contribution in [0.5, 0.6) is 0 Å². The van der Waals surface area contributed by atoms with Crippen molar-refractivity contribution in [2.75, 3.05) is 13.2 Å². The second-order valence-corrected chi connectivity index (χ2v) is 4.24. The van der Waals surface area contributed by atoms with Crippen LogP contribution >= 0.6 is 0 Å². The molecule has 0 heterocycles. The maximum absolute atomic E-state index is 8.90. The SMILES string of the molecule is CC(CC#N)N(CCCO)Cc1ccccc1. The molecule has 1 aromatic rings. The van der Waals surface area contributed by atoms with Gasteiger partial charge in [0.15, 0.2) is 0 Å². The summed E-state index contributed by atoms with van der Waals surface area (Å²) in [6.07, 6.45) is 1.28. The van der Waals surface area contributed by atoms with Crippen molar-refractivity contribution >= 4 is 0 Å². The molecule has 0 aliphatic carbocycles. The third-order valence-electron chi connectivity index (χ3n) is 2.84. The van der Waals surface area contributed by atoms with Gasteiger partial charge >= 0.3 is 0 Å². The van der Waals surface area contributed by atoms with Crippen LogP contribution < -0.4 is 0 Å². The van der Waals surface area contributed by atoms with Crippen LogP contribution in [0.15, 0.2) is 30.3 Å². The zero-order chi connectivity index (χ0) is 12.5. The third-order valence-corrected chi connectivity index (χ3v) is 2.84. The van der Waals surface area contributed by atoms with Crippen LogP contribution in [0.3, 0.4) is 0 Å². The Bertz CT molecular complexity index is 345. The van der Waals surface area contributed by atoms with E-state index in [2.05, 4.69) is 30.0 Å². The van der Waals surface area contributed by atoms with Gasteiger partial charge in [-0.1, -0.05) is 30.3 Å². The molecule has 0 aromatic heterocycles. The fraction of sp³-hybridized carbons (Fsp3) is 0.500. The molecule has 0 saturated carbocycles. The number of rotatable bonds is 7. The third kappa shape index (κ3) is 4.99. The molecule has 0 aliphatic heterocycles. The summed E-state index contributed by atoms with van der Waals surface area (Å²) < 4.78 is 0. The van der Waals surface area contributed by atoms with Crippen LogP contribution in [0.25, 0.3) is 0 Å². The fourth-order valence-electron chi connectivity index (χ4n) is 1.81. The lowest BCUT2D eigenvalue weighted by Crippen LogP contribution is -2.33. The van der Waals surface area contributed by atoms with Crippen LogP contribution in [0, 0.1) is 11.3 Å². The summed E-state index contributed by atoms with van der Waals surface area (Å²) in [4.78, 5) is 2.24. The zero-order valence-electron chi connectivity index (χ0n) is 10.3. The van der Waals surface area contributed by atoms with Gasteiger partial charge in [0.1, 0.15) is 0 Å². The molecular formula is C14H20N2O. The molecule has 1 rings (SSSR count). The lowest BCUT2D eigenvalue weighted by molar-refractivity contribution is 0.177. The number of hydrogen-bond donors (Lipinski definition) is 1. The van der Waals surface area contributed by atoms with Crippen molar-refractivity contribution < 1.29 is 5.11 Å². The normalized spacial score (nSPS) is 12.4. The van der Waals surface area contributed by atoms with Crippen LogP contribution in [0.2, 0.25) is 0 Å². The summed E-state index contributed by atoms with van der Waals surface area (Å²) in [7, 11) is 0. The van der Waals surface area contributed by atoms with Crippen molar-refractivity contribution in [1.82, 2.24) is 4.90 Å². The Labute approximate surface area is 103 Å². The summed E-state index contributed by atoms with van der Waals surface area (Å²) in [6.45, 7) is 3.92. The Hall–Kier alpha value is -1.37. The molecule has 3 heteroatoms. The van der Waals surface area contributed by atoms with Crippen LogP contribution in [-0.4, -0.2) is 29.2 Å². The van der Waals surface area contributed by atoms with Crippen molar-refractivity contribution in [1.29, 1.82) is 5.26 Å². The van der Waals surface area contributed by atoms with E-state index in [0.717, 1.165) is 19.5 Å². The summed E-state index contributed by atoms with van der Waals surface area (Å²) in [5.74, 6) is 0. The molecule has 17 heavy (non-hydrogen) atoms. The predicted molar refractivity (Wildman–Crippen MR) is 68.2 cm³/mol. The molecule has 1 unspecified atom stereocenters. The minimum atomic E-state index is 0.199. The first kappa shape index (κ1) is 13.7. The van der Waals surface area contributed by atoms with Crippen molar-refractivity contribution in [3.05, 3.63) is 35.9 Å². The average Bonchev–Trinajstić information content (AvgIpc) is 2.36. The topological polar surface area (TPSA) is 47.3 Å². The van der Waals surface area contributed by atoms with Gasteiger partial charge < -0.3 is 5.11 Å². The molecule has 0 saturated heterocycles. The summed E-state index contributed by atoms with van der Waals surface area (Å²) in [5.41, 5.74) is 1.25. The smallest absolute Gasteiger partial charge is 0.0638 e. The summed E-state index contributed by atoms with van der Waals surface area (Å²) >= 11 is 0. The van der Waals surface area contributed by atoms with E-state index in [0.29, 0.717) is 6.42 Å². The first-order chi connectivity index (χ1) is 8.27. The molecule has 0 aliphatic rings. The van der Waals surface area contributed by atoms with Gasteiger partial charge in [-0.05, 0) is 18.9 Å². The van der Waals surface area contributed by atoms with Crippen molar-refractivity contribution in [2.24, 2.45) is 0 Å². The van der Waals surface area contributed by atoms with Crippen molar-refractivity contribution in [3.8, 4) is 6.07 Å². The lowest BCUT2D eigenvalue weighted by atomic mass is 10.1. The Kier molecular flexibility index (Phi) is 6.31. The second kappa shape index (κ2) is 7.83. The minimum Gasteiger partial charge on any atom is -0.396 e. The Morgan fingerprint density at radius 2 is 2.06 bits per heavy atom. The summed E-state index contributed by atoms with van der Waals surface area (Å²) in [6, 6.07) is 12.7. The maximum Gasteiger partial charge on any atom is 0.0638 e. The van der Waals surface area contributed by atoms with E-state index >= 15 is 0 Å². The van der Waals surface area contributed by atoms with E-state index in [1.165, 1.54) is 5.56 Å². The van der Waals surface area contributed by atoms with Gasteiger partial charge in [0.05, 0.1) is 12.5 Å². The quantitative estimate of drug-likeness (QED) is 0.783. The highest BCUT2D eigenvalue weighted by Crippen LogP contribution is 2.10. The van der Waals surface area contributed by atoms with Crippen LogP contribution in [-0.2, 0) is 6.54 Å². The highest BCUT2D eigenvalue weighted by Gasteiger charge is 2.13. The molecule has 1 aromatic carbocycles. The molecule has 0 fully saturated rings. The number of aliphatic hydroxyl groups excluding tert-OH is 1. The standard InChI is InChI=1S/C14H20N2O/c1-13(8-9-15)16(10-5-11-17)12-14-6-3-2-4-7-14/h2-4,6-7,13,17H,5,8,10-12H2,1H3. The van der Waals surface area contributed by atoms with E-state index in [-0.39, 0.29) is 12.6 Å². The van der Waals surface area contributed by atoms with E-state index in [1.807, 2.05) is 18.2 Å². The minimum absolute atomic E-state index is 0.199. The van der Waals surface area contributed by atoms with E-state index < -0.39 is 0 Å². The predicted octanol–water partition coefficient (Wildman–Crippen LogP) is 2.17. The fourth-order valence-corrected chi connectivity index (χ4v) is 1.81. The number of nitriles is 1. The number of hydrogen-bond acceptors (Lipinski definition) is 3. The van der Waals surface area contributed by atoms with E-state index in [9.17, 15) is 0 Å². The summed E-state index contributed by atoms with van der Waals surface area (Å²) in [5, 5.41) is 17.7. The molecule has 0 amide bonds. The molecule has 1 atom stereocenters. The maximum atomic E-state index is 8.90. The second-order valence-electron chi connectivity index (χ2n) is 4.24. The van der Waals surface area contributed by atoms with Gasteiger partial charge in [0.2, 0.25) is 0 Å². The molecule has 0 radical (unpaired) electrons. The molecule has 3 nitrogen and oxygen atoms in total. The first-order valence-electron chi connectivity index (χ1n) is 6.03. The lowest BCUT2D eigenvalue weighted by Gasteiger charge is -2.27. The highest BCUT2D eigenvalue weighted by atomic mass is 16.3. The Morgan fingerprint density at radius 3 is 2.65 bits per heavy atom. The van der Waals surface area contributed by atoms with Crippen LogP contribution in [0.4, 0.5) is 0 Å². The van der Waals surface area contributed by atoms with Crippen LogP contribution in [0.1, 0.15) is 25.3 Å². The van der Waals surface area contributed by atoms with Gasteiger partial charge in [-0.15, -0.1) is 0 Å². The van der Waals surface area contributed by atoms with Gasteiger partial charge in [0.25, 0.3) is 0 Å². The Morgan fingerprint density at radius 1 is 1.35 bits per heavy atom. The van der Waals surface area contributed by atoms with Crippen molar-refractivity contribution in [2.45, 2.75) is 32.4 Å².